The number of allylic oxidation sites excluding steroid dienone is 1. The molecule has 3 aromatic carbocycles. The average Bonchev–Trinajstić information content (AvgIpc) is 3.29. The van der Waals surface area contributed by atoms with Crippen LogP contribution < -0.4 is 16.8 Å². The number of nitrogens with two attached hydrogens (primary N) is 2. The van der Waals surface area contributed by atoms with E-state index < -0.39 is 5.54 Å². The van der Waals surface area contributed by atoms with Gasteiger partial charge in [-0.2, -0.15) is 4.99 Å². The lowest BCUT2D eigenvalue weighted by atomic mass is 9.86. The summed E-state index contributed by atoms with van der Waals surface area (Å²) < 4.78 is 0. The van der Waals surface area contributed by atoms with Crippen molar-refractivity contribution in [1.82, 2.24) is 5.32 Å². The van der Waals surface area contributed by atoms with Gasteiger partial charge in [-0.3, -0.25) is 5.41 Å². The van der Waals surface area contributed by atoms with Crippen LogP contribution >= 0.6 is 0 Å². The topological polar surface area (TPSA) is 113 Å². The van der Waals surface area contributed by atoms with Gasteiger partial charge in [0.2, 0.25) is 11.5 Å². The van der Waals surface area contributed by atoms with Crippen molar-refractivity contribution in [2.75, 3.05) is 0 Å². The molecule has 0 spiro atoms. The maximum Gasteiger partial charge on any atom is 0.218 e. The third kappa shape index (κ3) is 2.61. The van der Waals surface area contributed by atoms with E-state index in [4.69, 9.17) is 16.9 Å². The zero-order valence-electron chi connectivity index (χ0n) is 15.7. The molecule has 2 aliphatic rings. The van der Waals surface area contributed by atoms with E-state index in [2.05, 4.69) is 33.5 Å². The molecule has 0 amide bonds. The summed E-state index contributed by atoms with van der Waals surface area (Å²) in [6, 6.07) is 22.2. The first kappa shape index (κ1) is 17.2. The highest BCUT2D eigenvalue weighted by atomic mass is 15.2. The number of nitrogens with zero attached hydrogens (tertiary/aromatic N) is 2. The molecule has 0 fully saturated rings. The van der Waals surface area contributed by atoms with Gasteiger partial charge >= 0.3 is 0 Å². The number of amidine groups is 2. The minimum Gasteiger partial charge on any atom is -0.385 e. The Morgan fingerprint density at radius 3 is 2.59 bits per heavy atom. The second-order valence-electron chi connectivity index (χ2n) is 7.22. The first-order valence-corrected chi connectivity index (χ1v) is 9.41. The van der Waals surface area contributed by atoms with Crippen molar-refractivity contribution in [3.63, 3.8) is 0 Å². The van der Waals surface area contributed by atoms with Gasteiger partial charge in [0.25, 0.3) is 0 Å². The zero-order valence-corrected chi connectivity index (χ0v) is 15.7. The summed E-state index contributed by atoms with van der Waals surface area (Å²) in [5.41, 5.74) is 14.9. The summed E-state index contributed by atoms with van der Waals surface area (Å²) in [5.74, 6) is 0.412. The molecule has 0 aromatic heterocycles. The molecule has 3 aromatic rings. The Morgan fingerprint density at radius 1 is 1.00 bits per heavy atom. The van der Waals surface area contributed by atoms with Gasteiger partial charge in [0.1, 0.15) is 5.84 Å². The largest absolute Gasteiger partial charge is 0.385 e. The van der Waals surface area contributed by atoms with Crippen molar-refractivity contribution >= 4 is 34.1 Å². The van der Waals surface area contributed by atoms with Crippen molar-refractivity contribution in [3.05, 3.63) is 89.5 Å². The molecular formula is C23H20N6. The Balaban J connectivity index is 1.61. The van der Waals surface area contributed by atoms with Gasteiger partial charge in [-0.15, -0.1) is 0 Å². The number of benzene rings is 3. The lowest BCUT2D eigenvalue weighted by Gasteiger charge is -2.28. The number of hydrogen-bond donors (Lipinski definition) is 4. The van der Waals surface area contributed by atoms with Crippen LogP contribution in [0.3, 0.4) is 0 Å². The van der Waals surface area contributed by atoms with Gasteiger partial charge < -0.3 is 16.8 Å². The summed E-state index contributed by atoms with van der Waals surface area (Å²) in [6.07, 6.45) is 2.94. The smallest absolute Gasteiger partial charge is 0.218 e. The molecule has 6 heteroatoms. The monoisotopic (exact) mass is 380 g/mol. The summed E-state index contributed by atoms with van der Waals surface area (Å²) >= 11 is 0. The first-order valence-electron chi connectivity index (χ1n) is 9.41. The van der Waals surface area contributed by atoms with E-state index >= 15 is 0 Å². The van der Waals surface area contributed by atoms with E-state index in [9.17, 15) is 0 Å². The lowest BCUT2D eigenvalue weighted by Crippen LogP contribution is -2.49. The average molecular weight is 380 g/mol. The van der Waals surface area contributed by atoms with Gasteiger partial charge in [0.15, 0.2) is 5.84 Å². The molecule has 0 bridgehead atoms. The van der Waals surface area contributed by atoms with Crippen molar-refractivity contribution in [1.29, 1.82) is 5.41 Å². The van der Waals surface area contributed by atoms with Gasteiger partial charge in [0, 0.05) is 11.3 Å². The van der Waals surface area contributed by atoms with Crippen LogP contribution in [0.4, 0.5) is 0 Å². The third-order valence-corrected chi connectivity index (χ3v) is 5.50. The quantitative estimate of drug-likeness (QED) is 0.414. The summed E-state index contributed by atoms with van der Waals surface area (Å²) in [7, 11) is 0. The van der Waals surface area contributed by atoms with Crippen LogP contribution in [0.1, 0.15) is 16.7 Å². The van der Waals surface area contributed by atoms with Gasteiger partial charge in [-0.1, -0.05) is 66.7 Å². The highest BCUT2D eigenvalue weighted by molar-refractivity contribution is 6.22. The Kier molecular flexibility index (Phi) is 3.74. The van der Waals surface area contributed by atoms with E-state index in [-0.39, 0.29) is 11.8 Å². The zero-order chi connectivity index (χ0) is 20.0. The Labute approximate surface area is 168 Å². The van der Waals surface area contributed by atoms with Crippen LogP contribution in [0.25, 0.3) is 16.5 Å². The maximum atomic E-state index is 8.40. The molecule has 1 aliphatic carbocycles. The lowest BCUT2D eigenvalue weighted by molar-refractivity contribution is 0.793. The predicted molar refractivity (Wildman–Crippen MR) is 118 cm³/mol. The van der Waals surface area contributed by atoms with Crippen LogP contribution in [0.2, 0.25) is 0 Å². The normalized spacial score (nSPS) is 20.1. The second kappa shape index (κ2) is 6.31. The standard InChI is InChI=1S/C23H20N6/c24-20(25)23(17-11-9-14-5-1-2-7-16(14)13-17)21(28-22(26)29-23)27-19-12-10-15-6-3-4-8-18(15)19/h1-9,11-13H,10H2,(H3,24,25)(H3,26,27,28,29). The molecule has 0 radical (unpaired) electrons. The summed E-state index contributed by atoms with van der Waals surface area (Å²) in [4.78, 5) is 8.96. The number of rotatable bonds is 3. The van der Waals surface area contributed by atoms with Crippen LogP contribution in [-0.4, -0.2) is 17.6 Å². The van der Waals surface area contributed by atoms with Crippen molar-refractivity contribution in [2.45, 2.75) is 12.0 Å². The van der Waals surface area contributed by atoms with Crippen molar-refractivity contribution in [3.8, 4) is 0 Å². The molecule has 0 saturated heterocycles. The van der Waals surface area contributed by atoms with Crippen molar-refractivity contribution < 1.29 is 0 Å². The fourth-order valence-corrected chi connectivity index (χ4v) is 4.05. The molecule has 1 unspecified atom stereocenters. The van der Waals surface area contributed by atoms with E-state index in [0.717, 1.165) is 34.0 Å². The molecule has 142 valence electrons. The second-order valence-corrected chi connectivity index (χ2v) is 7.22. The molecule has 29 heavy (non-hydrogen) atoms. The maximum absolute atomic E-state index is 8.40. The van der Waals surface area contributed by atoms with Gasteiger partial charge in [-0.25, -0.2) is 4.99 Å². The number of hydrogen-bond acceptors (Lipinski definition) is 5. The Morgan fingerprint density at radius 2 is 1.76 bits per heavy atom. The van der Waals surface area contributed by atoms with Crippen LogP contribution in [0.5, 0.6) is 0 Å². The van der Waals surface area contributed by atoms with Crippen LogP contribution in [-0.2, 0) is 12.0 Å². The highest BCUT2D eigenvalue weighted by Crippen LogP contribution is 2.35. The van der Waals surface area contributed by atoms with Crippen molar-refractivity contribution in [2.24, 2.45) is 21.5 Å². The number of aliphatic imine (C=N–C) groups is 2. The highest BCUT2D eigenvalue weighted by Gasteiger charge is 2.46. The molecule has 1 heterocycles. The van der Waals surface area contributed by atoms with E-state index in [1.807, 2.05) is 54.6 Å². The number of nitrogens with one attached hydrogen (secondary N) is 2. The summed E-state index contributed by atoms with van der Waals surface area (Å²) in [6.45, 7) is 0. The van der Waals surface area contributed by atoms with Gasteiger partial charge in [-0.05, 0) is 34.4 Å². The number of fused-ring (bicyclic) bond motifs is 2. The van der Waals surface area contributed by atoms with E-state index in [1.165, 1.54) is 5.56 Å². The molecule has 6 N–H and O–H groups in total. The number of guanidine groups is 1. The fraction of sp³-hybridized carbons (Fsp3) is 0.0870. The predicted octanol–water partition coefficient (Wildman–Crippen LogP) is 2.88. The minimum absolute atomic E-state index is 0.0998. The molecule has 6 nitrogen and oxygen atoms in total. The van der Waals surface area contributed by atoms with Crippen LogP contribution in [0.15, 0.2) is 82.8 Å². The Hall–Kier alpha value is -3.93. The molecule has 1 aliphatic heterocycles. The van der Waals surface area contributed by atoms with E-state index in [1.54, 1.807) is 0 Å². The minimum atomic E-state index is -1.27. The fourth-order valence-electron chi connectivity index (χ4n) is 4.05. The summed E-state index contributed by atoms with van der Waals surface area (Å²) in [5, 5.41) is 13.9. The first-order chi connectivity index (χ1) is 14.1. The van der Waals surface area contributed by atoms with Gasteiger partial charge in [0.05, 0.1) is 0 Å². The molecule has 5 rings (SSSR count). The molecule has 1 atom stereocenters. The van der Waals surface area contributed by atoms with Crippen LogP contribution in [0, 0.1) is 5.41 Å². The molecular weight excluding hydrogens is 360 g/mol. The van der Waals surface area contributed by atoms with E-state index in [0.29, 0.717) is 5.84 Å². The SMILES string of the molecule is N=C(N)C1(c2ccc3ccccc3c2)N=C(N)N=C1NC1=CCc2ccccc21. The molecule has 0 saturated carbocycles. The third-order valence-electron chi connectivity index (χ3n) is 5.50. The Bertz CT molecular complexity index is 1250.